The summed E-state index contributed by atoms with van der Waals surface area (Å²) in [7, 11) is 2.03. The average molecular weight is 417 g/mol. The van der Waals surface area contributed by atoms with Gasteiger partial charge < -0.3 is 21.1 Å². The number of carboxylic acid groups (broad SMARTS) is 1. The van der Waals surface area contributed by atoms with Gasteiger partial charge in [-0.3, -0.25) is 0 Å². The summed E-state index contributed by atoms with van der Waals surface area (Å²) in [6.07, 6.45) is 0.972. The third-order valence-corrected chi connectivity index (χ3v) is 6.21. The number of rotatable bonds is 2. The Kier molecular flexibility index (Phi) is 5.94. The number of nitrogens with two attached hydrogens (primary N) is 1. The predicted octanol–water partition coefficient (Wildman–Crippen LogP) is 2.58. The molecule has 7 nitrogen and oxygen atoms in total. The maximum atomic E-state index is 10.6. The number of nitrogens with zero attached hydrogens (tertiary/aromatic N) is 3. The molecule has 4 N–H and O–H groups in total. The van der Waals surface area contributed by atoms with Crippen LogP contribution in [0.4, 0.5) is 24.9 Å². The summed E-state index contributed by atoms with van der Waals surface area (Å²) in [5.41, 5.74) is 8.54. The number of carbonyl (C=O) groups is 1. The molecule has 154 valence electrons. The lowest BCUT2D eigenvalue weighted by Gasteiger charge is -2.18. The average Bonchev–Trinajstić information content (AvgIpc) is 3.25. The Morgan fingerprint density at radius 2 is 2.00 bits per heavy atom. The molecule has 0 bridgehead atoms. The molecule has 1 atom stereocenters. The number of likely N-dealkylation sites (N-methyl/N-ethyl adjacent to an activating group) is 1. The SMILES string of the molecule is CN[C@H]1CCN(c2nc(N)nc3c4c(sc23)CCCC4)C1.O=C(O)C(F)(F)F. The highest BCUT2D eigenvalue weighted by Gasteiger charge is 2.38. The predicted molar refractivity (Wildman–Crippen MR) is 102 cm³/mol. The molecule has 0 unspecified atom stereocenters. The van der Waals surface area contributed by atoms with Crippen LogP contribution in [0, 0.1) is 0 Å². The highest BCUT2D eigenvalue weighted by atomic mass is 32.1. The quantitative estimate of drug-likeness (QED) is 0.690. The summed E-state index contributed by atoms with van der Waals surface area (Å²) in [6, 6.07) is 0.547. The summed E-state index contributed by atoms with van der Waals surface area (Å²) in [6.45, 7) is 2.05. The standard InChI is InChI=1S/C15H21N5S.C2HF3O2/c1-17-9-6-7-20(8-9)14-13-12(18-15(16)19-14)10-4-2-3-5-11(10)21-13;3-2(4,5)1(6)7/h9,17H,2-8H2,1H3,(H2,16,18,19);(H,6,7)/t9-;/m0./s1. The van der Waals surface area contributed by atoms with E-state index in [9.17, 15) is 13.2 Å². The van der Waals surface area contributed by atoms with Crippen molar-refractivity contribution in [1.82, 2.24) is 15.3 Å². The Morgan fingerprint density at radius 3 is 2.61 bits per heavy atom. The highest BCUT2D eigenvalue weighted by Crippen LogP contribution is 2.40. The van der Waals surface area contributed by atoms with Crippen LogP contribution in [0.2, 0.25) is 0 Å². The molecule has 0 aromatic carbocycles. The van der Waals surface area contributed by atoms with Crippen molar-refractivity contribution in [3.8, 4) is 0 Å². The molecule has 1 aliphatic heterocycles. The van der Waals surface area contributed by atoms with Crippen LogP contribution in [0.15, 0.2) is 0 Å². The summed E-state index contributed by atoms with van der Waals surface area (Å²) in [5.74, 6) is -1.29. The number of halogens is 3. The van der Waals surface area contributed by atoms with Crippen molar-refractivity contribution >= 4 is 39.3 Å². The van der Waals surface area contributed by atoms with Crippen LogP contribution < -0.4 is 16.0 Å². The fraction of sp³-hybridized carbons (Fsp3) is 0.588. The smallest absolute Gasteiger partial charge is 0.475 e. The van der Waals surface area contributed by atoms with Gasteiger partial charge in [-0.15, -0.1) is 11.3 Å². The first kappa shape index (κ1) is 20.6. The lowest BCUT2D eigenvalue weighted by molar-refractivity contribution is -0.192. The minimum absolute atomic E-state index is 0.414. The van der Waals surface area contributed by atoms with Crippen molar-refractivity contribution in [3.05, 3.63) is 10.4 Å². The monoisotopic (exact) mass is 417 g/mol. The van der Waals surface area contributed by atoms with E-state index in [0.717, 1.165) is 37.3 Å². The summed E-state index contributed by atoms with van der Waals surface area (Å²) in [5, 5.41) is 10.5. The van der Waals surface area contributed by atoms with Crippen molar-refractivity contribution in [2.45, 2.75) is 44.3 Å². The van der Waals surface area contributed by atoms with E-state index in [4.69, 9.17) is 15.6 Å². The van der Waals surface area contributed by atoms with Gasteiger partial charge in [0.1, 0.15) is 0 Å². The van der Waals surface area contributed by atoms with E-state index >= 15 is 0 Å². The van der Waals surface area contributed by atoms with Gasteiger partial charge in [-0.1, -0.05) is 0 Å². The number of aryl methyl sites for hydroxylation is 2. The molecule has 1 saturated heterocycles. The normalized spacial score (nSPS) is 19.3. The lowest BCUT2D eigenvalue weighted by atomic mass is 9.98. The molecule has 4 rings (SSSR count). The van der Waals surface area contributed by atoms with Gasteiger partial charge in [0, 0.05) is 24.0 Å². The Morgan fingerprint density at radius 1 is 1.32 bits per heavy atom. The van der Waals surface area contributed by atoms with Gasteiger partial charge in [-0.2, -0.15) is 18.2 Å². The number of hydrogen-bond donors (Lipinski definition) is 3. The zero-order chi connectivity index (χ0) is 20.5. The largest absolute Gasteiger partial charge is 0.490 e. The minimum atomic E-state index is -5.08. The number of aliphatic carboxylic acids is 1. The van der Waals surface area contributed by atoms with Gasteiger partial charge in [-0.25, -0.2) is 9.78 Å². The first-order valence-electron chi connectivity index (χ1n) is 9.00. The van der Waals surface area contributed by atoms with Gasteiger partial charge in [0.15, 0.2) is 5.82 Å². The van der Waals surface area contributed by atoms with E-state index in [0.29, 0.717) is 12.0 Å². The van der Waals surface area contributed by atoms with Crippen LogP contribution in [0.25, 0.3) is 10.2 Å². The number of thiophene rings is 1. The Bertz CT molecular complexity index is 871. The number of hydrogen-bond acceptors (Lipinski definition) is 7. The van der Waals surface area contributed by atoms with Crippen LogP contribution in [-0.4, -0.2) is 53.4 Å². The molecule has 0 amide bonds. The molecule has 3 heterocycles. The highest BCUT2D eigenvalue weighted by molar-refractivity contribution is 7.19. The third kappa shape index (κ3) is 4.30. The van der Waals surface area contributed by atoms with Crippen LogP contribution in [0.5, 0.6) is 0 Å². The van der Waals surface area contributed by atoms with Crippen LogP contribution in [0.3, 0.4) is 0 Å². The molecular weight excluding hydrogens is 395 g/mol. The van der Waals surface area contributed by atoms with E-state index < -0.39 is 12.1 Å². The van der Waals surface area contributed by atoms with Crippen LogP contribution in [0.1, 0.15) is 29.7 Å². The second-order valence-corrected chi connectivity index (χ2v) is 7.92. The van der Waals surface area contributed by atoms with Gasteiger partial charge >= 0.3 is 12.1 Å². The fourth-order valence-corrected chi connectivity index (χ4v) is 4.87. The minimum Gasteiger partial charge on any atom is -0.475 e. The number of anilines is 2. The Balaban J connectivity index is 0.000000279. The fourth-order valence-electron chi connectivity index (χ4n) is 3.52. The van der Waals surface area contributed by atoms with E-state index in [1.807, 2.05) is 18.4 Å². The van der Waals surface area contributed by atoms with Crippen molar-refractivity contribution in [1.29, 1.82) is 0 Å². The second kappa shape index (κ2) is 8.08. The number of aromatic nitrogens is 2. The van der Waals surface area contributed by atoms with Crippen LogP contribution >= 0.6 is 11.3 Å². The Hall–Kier alpha value is -2.14. The van der Waals surface area contributed by atoms with Crippen molar-refractivity contribution < 1.29 is 23.1 Å². The first-order valence-corrected chi connectivity index (χ1v) is 9.82. The molecule has 0 saturated carbocycles. The van der Waals surface area contributed by atoms with Gasteiger partial charge in [-0.05, 0) is 44.7 Å². The topological polar surface area (TPSA) is 104 Å². The molecule has 0 spiro atoms. The van der Waals surface area contributed by atoms with E-state index in [-0.39, 0.29) is 0 Å². The summed E-state index contributed by atoms with van der Waals surface area (Å²) >= 11 is 1.89. The van der Waals surface area contributed by atoms with Crippen LogP contribution in [-0.2, 0) is 17.6 Å². The molecule has 1 aliphatic carbocycles. The third-order valence-electron chi connectivity index (χ3n) is 4.93. The number of carboxylic acids is 1. The molecule has 1 fully saturated rings. The molecular formula is C17H22F3N5O2S. The second-order valence-electron chi connectivity index (χ2n) is 6.82. The molecule has 0 radical (unpaired) electrons. The zero-order valence-electron chi connectivity index (χ0n) is 15.3. The van der Waals surface area contributed by atoms with Crippen molar-refractivity contribution in [3.63, 3.8) is 0 Å². The maximum Gasteiger partial charge on any atom is 0.490 e. The molecule has 11 heteroatoms. The number of alkyl halides is 3. The van der Waals surface area contributed by atoms with E-state index in [2.05, 4.69) is 20.2 Å². The number of nitrogen functional groups attached to an aromatic ring is 1. The van der Waals surface area contributed by atoms with Gasteiger partial charge in [0.05, 0.1) is 10.2 Å². The number of nitrogens with one attached hydrogen (secondary N) is 1. The maximum absolute atomic E-state index is 10.6. The Labute approximate surface area is 163 Å². The molecule has 2 aromatic rings. The molecule has 28 heavy (non-hydrogen) atoms. The molecule has 2 aliphatic rings. The van der Waals surface area contributed by atoms with Crippen molar-refractivity contribution in [2.24, 2.45) is 0 Å². The molecule has 2 aromatic heterocycles. The summed E-state index contributed by atoms with van der Waals surface area (Å²) in [4.78, 5) is 21.9. The van der Waals surface area contributed by atoms with Crippen molar-refractivity contribution in [2.75, 3.05) is 30.8 Å². The summed E-state index contributed by atoms with van der Waals surface area (Å²) < 4.78 is 33.0. The first-order chi connectivity index (χ1) is 13.2. The van der Waals surface area contributed by atoms with E-state index in [1.54, 1.807) is 0 Å². The van der Waals surface area contributed by atoms with Gasteiger partial charge in [0.2, 0.25) is 5.95 Å². The zero-order valence-corrected chi connectivity index (χ0v) is 16.2. The number of fused-ring (bicyclic) bond motifs is 3. The lowest BCUT2D eigenvalue weighted by Crippen LogP contribution is -2.30. The van der Waals surface area contributed by atoms with E-state index in [1.165, 1.54) is 34.4 Å². The van der Waals surface area contributed by atoms with Gasteiger partial charge in [0.25, 0.3) is 0 Å².